The van der Waals surface area contributed by atoms with Gasteiger partial charge in [0.1, 0.15) is 0 Å². The summed E-state index contributed by atoms with van der Waals surface area (Å²) in [5.41, 5.74) is 4.04. The molecule has 2 aromatic heterocycles. The Morgan fingerprint density at radius 2 is 1.97 bits per heavy atom. The number of hydrogen-bond donors (Lipinski definition) is 2. The first kappa shape index (κ1) is 22.3. The summed E-state index contributed by atoms with van der Waals surface area (Å²) in [5.74, 6) is 0.958. The number of anilines is 3. The van der Waals surface area contributed by atoms with Gasteiger partial charge in [0.2, 0.25) is 5.95 Å². The Kier molecular flexibility index (Phi) is 6.83. The summed E-state index contributed by atoms with van der Waals surface area (Å²) in [6.45, 7) is 1.97. The molecule has 1 aromatic carbocycles. The first-order chi connectivity index (χ1) is 16.1. The van der Waals surface area contributed by atoms with Gasteiger partial charge in [-0.05, 0) is 55.5 Å². The van der Waals surface area contributed by atoms with Gasteiger partial charge in [-0.15, -0.1) is 0 Å². The average Bonchev–Trinajstić information content (AvgIpc) is 3.53. The van der Waals surface area contributed by atoms with Gasteiger partial charge in [-0.25, -0.2) is 14.8 Å². The van der Waals surface area contributed by atoms with E-state index in [-0.39, 0.29) is 6.04 Å². The first-order valence-corrected chi connectivity index (χ1v) is 11.0. The Balaban J connectivity index is 1.52. The summed E-state index contributed by atoms with van der Waals surface area (Å²) in [7, 11) is 1.32. The van der Waals surface area contributed by atoms with Crippen molar-refractivity contribution in [2.75, 3.05) is 17.7 Å². The Morgan fingerprint density at radius 3 is 2.67 bits per heavy atom. The lowest BCUT2D eigenvalue weighted by Gasteiger charge is -2.21. The molecule has 1 unspecified atom stereocenters. The molecule has 1 saturated carbocycles. The van der Waals surface area contributed by atoms with E-state index >= 15 is 0 Å². The van der Waals surface area contributed by atoms with E-state index in [1.807, 2.05) is 36.1 Å². The molecule has 170 valence electrons. The summed E-state index contributed by atoms with van der Waals surface area (Å²) in [6.07, 6.45) is 10.3. The van der Waals surface area contributed by atoms with Crippen LogP contribution in [0.5, 0.6) is 0 Å². The molecular weight excluding hydrogens is 418 g/mol. The zero-order valence-electron chi connectivity index (χ0n) is 18.8. The first-order valence-electron chi connectivity index (χ1n) is 11.0. The summed E-state index contributed by atoms with van der Waals surface area (Å²) in [4.78, 5) is 20.4. The molecule has 1 aliphatic carbocycles. The second kappa shape index (κ2) is 10.1. The van der Waals surface area contributed by atoms with E-state index in [1.54, 1.807) is 18.3 Å². The lowest BCUT2D eigenvalue weighted by molar-refractivity contribution is 0.187. The van der Waals surface area contributed by atoms with Gasteiger partial charge >= 0.3 is 6.09 Å². The van der Waals surface area contributed by atoms with Gasteiger partial charge in [-0.1, -0.05) is 12.8 Å². The van der Waals surface area contributed by atoms with Crippen LogP contribution >= 0.6 is 0 Å². The summed E-state index contributed by atoms with van der Waals surface area (Å²) in [5, 5.41) is 19.7. The largest absolute Gasteiger partial charge is 0.453 e. The van der Waals surface area contributed by atoms with Crippen molar-refractivity contribution < 1.29 is 9.53 Å². The van der Waals surface area contributed by atoms with Gasteiger partial charge in [-0.2, -0.15) is 10.4 Å². The van der Waals surface area contributed by atoms with Crippen LogP contribution in [0.2, 0.25) is 0 Å². The van der Waals surface area contributed by atoms with E-state index in [9.17, 15) is 10.1 Å². The molecule has 33 heavy (non-hydrogen) atoms. The topological polar surface area (TPSA) is 118 Å². The molecule has 0 spiro atoms. The Hall–Kier alpha value is -3.93. The third-order valence-corrected chi connectivity index (χ3v) is 6.00. The number of methoxy groups -OCH3 is 1. The number of ether oxygens (including phenoxy) is 1. The third kappa shape index (κ3) is 5.29. The molecule has 4 rings (SSSR count). The number of hydrogen-bond acceptors (Lipinski definition) is 7. The van der Waals surface area contributed by atoms with Gasteiger partial charge < -0.3 is 10.1 Å². The highest BCUT2D eigenvalue weighted by molar-refractivity contribution is 5.84. The van der Waals surface area contributed by atoms with Gasteiger partial charge in [0, 0.05) is 29.3 Å². The number of amides is 1. The van der Waals surface area contributed by atoms with Crippen LogP contribution in [0.15, 0.2) is 42.9 Å². The number of aryl methyl sites for hydroxylation is 1. The minimum Gasteiger partial charge on any atom is -0.453 e. The number of nitriles is 1. The predicted molar refractivity (Wildman–Crippen MR) is 125 cm³/mol. The number of aromatic nitrogens is 4. The molecule has 1 amide bonds. The molecule has 2 N–H and O–H groups in total. The normalized spacial score (nSPS) is 14.5. The minimum absolute atomic E-state index is 0.100. The number of carbonyl (C=O) groups is 1. The van der Waals surface area contributed by atoms with Crippen molar-refractivity contribution >= 4 is 23.4 Å². The SMILES string of the molecule is COC(=O)Nc1ccc(Nc2ncc(C)c(-c3cnn(C(CC#N)C4CCCC4)c3)n2)cc1. The molecule has 1 fully saturated rings. The summed E-state index contributed by atoms with van der Waals surface area (Å²) in [6, 6.07) is 9.59. The number of nitrogens with one attached hydrogen (secondary N) is 2. The fourth-order valence-corrected chi connectivity index (χ4v) is 4.28. The van der Waals surface area contributed by atoms with Gasteiger partial charge in [0.15, 0.2) is 0 Å². The van der Waals surface area contributed by atoms with Crippen LogP contribution in [0.1, 0.15) is 43.7 Å². The Labute approximate surface area is 192 Å². The number of rotatable bonds is 7. The smallest absolute Gasteiger partial charge is 0.411 e. The van der Waals surface area contributed by atoms with E-state index in [4.69, 9.17) is 4.98 Å². The quantitative estimate of drug-likeness (QED) is 0.512. The van der Waals surface area contributed by atoms with Crippen molar-refractivity contribution in [2.45, 2.75) is 45.1 Å². The molecule has 0 saturated heterocycles. The molecule has 2 heterocycles. The second-order valence-corrected chi connectivity index (χ2v) is 8.23. The second-order valence-electron chi connectivity index (χ2n) is 8.23. The molecule has 9 nitrogen and oxygen atoms in total. The maximum absolute atomic E-state index is 11.3. The fourth-order valence-electron chi connectivity index (χ4n) is 4.28. The van der Waals surface area contributed by atoms with E-state index < -0.39 is 6.09 Å². The molecular formula is C24H27N7O2. The average molecular weight is 446 g/mol. The molecule has 9 heteroatoms. The van der Waals surface area contributed by atoms with E-state index in [2.05, 4.69) is 31.5 Å². The van der Waals surface area contributed by atoms with Crippen LogP contribution in [-0.2, 0) is 4.74 Å². The van der Waals surface area contributed by atoms with Crippen molar-refractivity contribution in [3.63, 3.8) is 0 Å². The van der Waals surface area contributed by atoms with Gasteiger partial charge in [0.05, 0.1) is 37.5 Å². The highest BCUT2D eigenvalue weighted by Crippen LogP contribution is 2.36. The van der Waals surface area contributed by atoms with Gasteiger partial charge in [0.25, 0.3) is 0 Å². The van der Waals surface area contributed by atoms with Crippen LogP contribution in [0.25, 0.3) is 11.3 Å². The molecule has 1 atom stereocenters. The van der Waals surface area contributed by atoms with Crippen LogP contribution in [0.4, 0.5) is 22.1 Å². The van der Waals surface area contributed by atoms with Crippen molar-refractivity contribution in [3.05, 3.63) is 48.4 Å². The number of benzene rings is 1. The van der Waals surface area contributed by atoms with Gasteiger partial charge in [-0.3, -0.25) is 10.00 Å². The lowest BCUT2D eigenvalue weighted by Crippen LogP contribution is -2.17. The molecule has 3 aromatic rings. The van der Waals surface area contributed by atoms with Crippen LogP contribution in [0.3, 0.4) is 0 Å². The standard InChI is InChI=1S/C24H27N7O2/c1-16-13-26-23(28-19-7-9-20(10-8-19)29-24(32)33-2)30-22(16)18-14-27-31(15-18)21(11-12-25)17-5-3-4-6-17/h7-10,13-15,17,21H,3-6,11H2,1-2H3,(H,29,32)(H,26,28,30). The van der Waals surface area contributed by atoms with Crippen LogP contribution < -0.4 is 10.6 Å². The minimum atomic E-state index is -0.521. The highest BCUT2D eigenvalue weighted by Gasteiger charge is 2.27. The zero-order valence-corrected chi connectivity index (χ0v) is 18.8. The maximum atomic E-state index is 11.3. The molecule has 0 radical (unpaired) electrons. The van der Waals surface area contributed by atoms with E-state index in [1.165, 1.54) is 20.0 Å². The Bertz CT molecular complexity index is 1140. The Morgan fingerprint density at radius 1 is 1.24 bits per heavy atom. The molecule has 0 aliphatic heterocycles. The molecule has 1 aliphatic rings. The number of carbonyl (C=O) groups excluding carboxylic acids is 1. The van der Waals surface area contributed by atoms with E-state index in [0.717, 1.165) is 35.3 Å². The zero-order chi connectivity index (χ0) is 23.2. The summed E-state index contributed by atoms with van der Waals surface area (Å²) < 4.78 is 6.54. The monoisotopic (exact) mass is 445 g/mol. The lowest BCUT2D eigenvalue weighted by atomic mass is 9.96. The summed E-state index contributed by atoms with van der Waals surface area (Å²) >= 11 is 0. The molecule has 0 bridgehead atoms. The van der Waals surface area contributed by atoms with E-state index in [0.29, 0.717) is 24.0 Å². The fraction of sp³-hybridized carbons (Fsp3) is 0.375. The van der Waals surface area contributed by atoms with Crippen LogP contribution in [-0.4, -0.2) is 33.0 Å². The highest BCUT2D eigenvalue weighted by atomic mass is 16.5. The van der Waals surface area contributed by atoms with Crippen molar-refractivity contribution in [1.82, 2.24) is 19.7 Å². The van der Waals surface area contributed by atoms with Crippen molar-refractivity contribution in [3.8, 4) is 17.3 Å². The predicted octanol–water partition coefficient (Wildman–Crippen LogP) is 5.22. The van der Waals surface area contributed by atoms with Crippen molar-refractivity contribution in [1.29, 1.82) is 5.26 Å². The third-order valence-electron chi connectivity index (χ3n) is 6.00. The van der Waals surface area contributed by atoms with Crippen LogP contribution in [0, 0.1) is 24.2 Å². The number of nitrogens with zero attached hydrogens (tertiary/aromatic N) is 5. The maximum Gasteiger partial charge on any atom is 0.411 e. The van der Waals surface area contributed by atoms with Crippen molar-refractivity contribution in [2.24, 2.45) is 5.92 Å².